The van der Waals surface area contributed by atoms with Gasteiger partial charge in [0.25, 0.3) is 0 Å². The third-order valence-electron chi connectivity index (χ3n) is 3.53. The summed E-state index contributed by atoms with van der Waals surface area (Å²) in [5.41, 5.74) is 1.15. The maximum Gasteiger partial charge on any atom is 0.137 e. The summed E-state index contributed by atoms with van der Waals surface area (Å²) in [5.74, 6) is 3.66. The highest BCUT2D eigenvalue weighted by molar-refractivity contribution is 5.59. The van der Waals surface area contributed by atoms with Crippen molar-refractivity contribution in [3.8, 4) is 0 Å². The van der Waals surface area contributed by atoms with Gasteiger partial charge in [0.1, 0.15) is 17.5 Å². The Kier molecular flexibility index (Phi) is 3.73. The first-order chi connectivity index (χ1) is 8.54. The van der Waals surface area contributed by atoms with Gasteiger partial charge in [-0.05, 0) is 40.5 Å². The van der Waals surface area contributed by atoms with Crippen LogP contribution in [-0.2, 0) is 0 Å². The van der Waals surface area contributed by atoms with Crippen molar-refractivity contribution in [3.05, 3.63) is 11.4 Å². The maximum absolute atomic E-state index is 4.77. The van der Waals surface area contributed by atoms with Gasteiger partial charge in [0, 0.05) is 31.1 Å². The van der Waals surface area contributed by atoms with Gasteiger partial charge in [-0.2, -0.15) is 0 Å². The summed E-state index contributed by atoms with van der Waals surface area (Å²) < 4.78 is 0. The minimum atomic E-state index is 0.445. The summed E-state index contributed by atoms with van der Waals surface area (Å²) in [4.78, 5) is 11.7. The monoisotopic (exact) mass is 248 g/mol. The lowest BCUT2D eigenvalue weighted by Crippen LogP contribution is -2.28. The average molecular weight is 248 g/mol. The second-order valence-electron chi connectivity index (χ2n) is 5.39. The van der Waals surface area contributed by atoms with Crippen molar-refractivity contribution < 1.29 is 0 Å². The molecule has 0 aliphatic heterocycles. The van der Waals surface area contributed by atoms with Crippen molar-refractivity contribution in [2.24, 2.45) is 0 Å². The summed E-state index contributed by atoms with van der Waals surface area (Å²) >= 11 is 0. The summed E-state index contributed by atoms with van der Waals surface area (Å²) in [6.07, 6.45) is 2.47. The van der Waals surface area contributed by atoms with E-state index in [1.807, 2.05) is 0 Å². The van der Waals surface area contributed by atoms with Crippen LogP contribution >= 0.6 is 0 Å². The Hall–Kier alpha value is -1.32. The Bertz CT molecular complexity index is 424. The van der Waals surface area contributed by atoms with Gasteiger partial charge in [-0.25, -0.2) is 9.97 Å². The van der Waals surface area contributed by atoms with Crippen molar-refractivity contribution in [1.29, 1.82) is 0 Å². The molecule has 1 aliphatic rings. The van der Waals surface area contributed by atoms with E-state index in [0.29, 0.717) is 12.0 Å². The molecular formula is C14H24N4. The van der Waals surface area contributed by atoms with Crippen LogP contribution in [-0.4, -0.2) is 29.6 Å². The standard InChI is InChI=1S/C14H24N4/c1-6-15-12-10(4)14(18(5)9(2)3)17-13(16-12)11-7-8-11/h9,11H,6-8H2,1-5H3,(H,15,16,17). The van der Waals surface area contributed by atoms with E-state index in [2.05, 4.69) is 49.9 Å². The number of aromatic nitrogens is 2. The molecule has 1 aliphatic carbocycles. The van der Waals surface area contributed by atoms with Crippen LogP contribution in [0.4, 0.5) is 11.6 Å². The van der Waals surface area contributed by atoms with E-state index < -0.39 is 0 Å². The zero-order valence-electron chi connectivity index (χ0n) is 12.1. The lowest BCUT2D eigenvalue weighted by atomic mass is 10.2. The molecule has 0 bridgehead atoms. The Morgan fingerprint density at radius 2 is 2.00 bits per heavy atom. The van der Waals surface area contributed by atoms with Crippen LogP contribution in [0.15, 0.2) is 0 Å². The quantitative estimate of drug-likeness (QED) is 0.870. The number of hydrogen-bond acceptors (Lipinski definition) is 4. The molecule has 4 heteroatoms. The highest BCUT2D eigenvalue weighted by Crippen LogP contribution is 2.40. The number of anilines is 2. The molecule has 1 aromatic rings. The molecule has 0 spiro atoms. The number of nitrogens with one attached hydrogen (secondary N) is 1. The van der Waals surface area contributed by atoms with Gasteiger partial charge in [0.05, 0.1) is 0 Å². The molecule has 4 nitrogen and oxygen atoms in total. The highest BCUT2D eigenvalue weighted by Gasteiger charge is 2.28. The van der Waals surface area contributed by atoms with Gasteiger partial charge in [-0.15, -0.1) is 0 Å². The topological polar surface area (TPSA) is 41.1 Å². The second kappa shape index (κ2) is 5.12. The van der Waals surface area contributed by atoms with Gasteiger partial charge in [-0.1, -0.05) is 0 Å². The fourth-order valence-electron chi connectivity index (χ4n) is 1.97. The molecule has 0 saturated heterocycles. The molecule has 1 saturated carbocycles. The zero-order valence-corrected chi connectivity index (χ0v) is 12.1. The molecule has 100 valence electrons. The molecule has 18 heavy (non-hydrogen) atoms. The van der Waals surface area contributed by atoms with Crippen LogP contribution in [0, 0.1) is 6.92 Å². The molecule has 1 fully saturated rings. The minimum absolute atomic E-state index is 0.445. The van der Waals surface area contributed by atoms with Gasteiger partial charge in [-0.3, -0.25) is 0 Å². The van der Waals surface area contributed by atoms with Crippen molar-refractivity contribution in [1.82, 2.24) is 9.97 Å². The number of hydrogen-bond donors (Lipinski definition) is 1. The van der Waals surface area contributed by atoms with E-state index in [0.717, 1.165) is 29.6 Å². The summed E-state index contributed by atoms with van der Waals surface area (Å²) in [6, 6.07) is 0.445. The highest BCUT2D eigenvalue weighted by atomic mass is 15.2. The van der Waals surface area contributed by atoms with E-state index in [1.54, 1.807) is 0 Å². The lowest BCUT2D eigenvalue weighted by Gasteiger charge is -2.25. The molecule has 0 atom stereocenters. The van der Waals surface area contributed by atoms with Crippen LogP contribution < -0.4 is 10.2 Å². The molecule has 0 amide bonds. The fraction of sp³-hybridized carbons (Fsp3) is 0.714. The number of nitrogens with zero attached hydrogens (tertiary/aromatic N) is 3. The fourth-order valence-corrected chi connectivity index (χ4v) is 1.97. The Balaban J connectivity index is 2.42. The normalized spacial score (nSPS) is 15.0. The molecule has 0 unspecified atom stereocenters. The van der Waals surface area contributed by atoms with Crippen LogP contribution in [0.1, 0.15) is 50.9 Å². The van der Waals surface area contributed by atoms with E-state index >= 15 is 0 Å². The molecule has 1 aromatic heterocycles. The average Bonchev–Trinajstić information content (AvgIpc) is 3.15. The minimum Gasteiger partial charge on any atom is -0.370 e. The molecular weight excluding hydrogens is 224 g/mol. The second-order valence-corrected chi connectivity index (χ2v) is 5.39. The Morgan fingerprint density at radius 3 is 2.50 bits per heavy atom. The molecule has 0 radical (unpaired) electrons. The molecule has 0 aromatic carbocycles. The SMILES string of the molecule is CCNc1nc(C2CC2)nc(N(C)C(C)C)c1C. The van der Waals surface area contributed by atoms with Gasteiger partial charge in [0.15, 0.2) is 0 Å². The maximum atomic E-state index is 4.77. The van der Waals surface area contributed by atoms with Crippen LogP contribution in [0.2, 0.25) is 0 Å². The summed E-state index contributed by atoms with van der Waals surface area (Å²) in [7, 11) is 2.10. The number of rotatable bonds is 5. The third kappa shape index (κ3) is 2.57. The van der Waals surface area contributed by atoms with Crippen molar-refractivity contribution >= 4 is 11.6 Å². The van der Waals surface area contributed by atoms with Crippen molar-refractivity contribution in [3.63, 3.8) is 0 Å². The predicted molar refractivity (Wildman–Crippen MR) is 76.4 cm³/mol. The first-order valence-corrected chi connectivity index (χ1v) is 6.89. The Labute approximate surface area is 110 Å². The molecule has 1 N–H and O–H groups in total. The molecule has 2 rings (SSSR count). The van der Waals surface area contributed by atoms with E-state index in [-0.39, 0.29) is 0 Å². The van der Waals surface area contributed by atoms with Gasteiger partial charge >= 0.3 is 0 Å². The summed E-state index contributed by atoms with van der Waals surface area (Å²) in [5, 5.41) is 3.36. The first-order valence-electron chi connectivity index (χ1n) is 6.89. The van der Waals surface area contributed by atoms with Crippen LogP contribution in [0.3, 0.4) is 0 Å². The molecule has 1 heterocycles. The van der Waals surface area contributed by atoms with Gasteiger partial charge in [0.2, 0.25) is 0 Å². The van der Waals surface area contributed by atoms with Gasteiger partial charge < -0.3 is 10.2 Å². The van der Waals surface area contributed by atoms with E-state index in [4.69, 9.17) is 4.98 Å². The zero-order chi connectivity index (χ0) is 13.3. The van der Waals surface area contributed by atoms with Crippen LogP contribution in [0.25, 0.3) is 0 Å². The van der Waals surface area contributed by atoms with Crippen molar-refractivity contribution in [2.75, 3.05) is 23.8 Å². The predicted octanol–water partition coefficient (Wildman–Crippen LogP) is 2.94. The Morgan fingerprint density at radius 1 is 1.33 bits per heavy atom. The smallest absolute Gasteiger partial charge is 0.137 e. The lowest BCUT2D eigenvalue weighted by molar-refractivity contribution is 0.731. The largest absolute Gasteiger partial charge is 0.370 e. The van der Waals surface area contributed by atoms with Crippen LogP contribution in [0.5, 0.6) is 0 Å². The van der Waals surface area contributed by atoms with E-state index in [1.165, 1.54) is 12.8 Å². The van der Waals surface area contributed by atoms with Crippen molar-refractivity contribution in [2.45, 2.75) is 52.5 Å². The summed E-state index contributed by atoms with van der Waals surface area (Å²) in [6.45, 7) is 9.47. The van der Waals surface area contributed by atoms with E-state index in [9.17, 15) is 0 Å². The first kappa shape index (κ1) is 13.1. The third-order valence-corrected chi connectivity index (χ3v) is 3.53.